The van der Waals surface area contributed by atoms with Crippen LogP contribution in [0.15, 0.2) is 23.1 Å². The zero-order chi connectivity index (χ0) is 11.6. The number of hydrogen-bond acceptors (Lipinski definition) is 4. The third kappa shape index (κ3) is 2.66. The van der Waals surface area contributed by atoms with Crippen LogP contribution in [0.2, 0.25) is 5.02 Å². The Bertz CT molecular complexity index is 497. The van der Waals surface area contributed by atoms with Crippen LogP contribution in [0.5, 0.6) is 0 Å². The summed E-state index contributed by atoms with van der Waals surface area (Å²) < 4.78 is 23.0. The molecule has 0 atom stereocenters. The van der Waals surface area contributed by atoms with E-state index in [1.54, 1.807) is 0 Å². The molecule has 0 aliphatic rings. The van der Waals surface area contributed by atoms with E-state index in [1.165, 1.54) is 25.1 Å². The molecule has 0 saturated carbocycles. The predicted molar refractivity (Wildman–Crippen MR) is 55.2 cm³/mol. The fourth-order valence-electron chi connectivity index (χ4n) is 1.13. The third-order valence-electron chi connectivity index (χ3n) is 1.83. The first kappa shape index (κ1) is 11.9. The molecule has 0 heterocycles. The Morgan fingerprint density at radius 2 is 2.07 bits per heavy atom. The van der Waals surface area contributed by atoms with Gasteiger partial charge in [-0.25, -0.2) is 8.42 Å². The lowest BCUT2D eigenvalue weighted by atomic mass is 10.2. The van der Waals surface area contributed by atoms with Gasteiger partial charge in [-0.3, -0.25) is 10.1 Å². The average Bonchev–Trinajstić information content (AvgIpc) is 2.07. The van der Waals surface area contributed by atoms with Crippen molar-refractivity contribution in [3.05, 3.63) is 38.9 Å². The zero-order valence-electron chi connectivity index (χ0n) is 7.81. The first-order valence-corrected chi connectivity index (χ1v) is 5.97. The van der Waals surface area contributed by atoms with Crippen molar-refractivity contribution < 1.29 is 13.3 Å². The number of rotatable bonds is 3. The van der Waals surface area contributed by atoms with E-state index in [0.717, 1.165) is 0 Å². The molecular formula is C8H8ClNO4S. The molecule has 0 N–H and O–H groups in total. The Balaban J connectivity index is 3.28. The van der Waals surface area contributed by atoms with Crippen molar-refractivity contribution in [3.63, 3.8) is 0 Å². The Morgan fingerprint density at radius 1 is 1.47 bits per heavy atom. The lowest BCUT2D eigenvalue weighted by Gasteiger charge is -2.05. The molecule has 1 aromatic carbocycles. The molecule has 5 nitrogen and oxygen atoms in total. The molecule has 0 aliphatic carbocycles. The second-order valence-corrected chi connectivity index (χ2v) is 5.27. The molecule has 1 rings (SSSR count). The smallest absolute Gasteiger partial charge is 0.263 e. The van der Waals surface area contributed by atoms with Gasteiger partial charge in [0.2, 0.25) is 9.84 Å². The maximum absolute atomic E-state index is 11.5. The minimum absolute atomic E-state index is 0.0910. The average molecular weight is 250 g/mol. The Morgan fingerprint density at radius 3 is 2.60 bits per heavy atom. The maximum atomic E-state index is 11.5. The summed E-state index contributed by atoms with van der Waals surface area (Å²) in [5, 5.41) is 10.5. The van der Waals surface area contributed by atoms with Gasteiger partial charge in [0.1, 0.15) is 0 Å². The highest BCUT2D eigenvalue weighted by Crippen LogP contribution is 2.23. The quantitative estimate of drug-likeness (QED) is 0.603. The summed E-state index contributed by atoms with van der Waals surface area (Å²) in [7, 11) is -3.90. The number of nitrogens with zero attached hydrogens (tertiary/aromatic N) is 1. The largest absolute Gasteiger partial charge is 0.305 e. The second-order valence-electron chi connectivity index (χ2n) is 2.94. The second kappa shape index (κ2) is 4.16. The van der Waals surface area contributed by atoms with Crippen molar-refractivity contribution in [2.75, 3.05) is 5.88 Å². The van der Waals surface area contributed by atoms with E-state index < -0.39 is 20.6 Å². The fourth-order valence-corrected chi connectivity index (χ4v) is 2.64. The van der Waals surface area contributed by atoms with Crippen LogP contribution in [0.25, 0.3) is 0 Å². The number of hydrogen-bond donors (Lipinski definition) is 0. The van der Waals surface area contributed by atoms with Crippen LogP contribution in [-0.2, 0) is 9.84 Å². The van der Waals surface area contributed by atoms with Crippen molar-refractivity contribution in [1.82, 2.24) is 0 Å². The van der Waals surface area contributed by atoms with Crippen molar-refractivity contribution in [2.45, 2.75) is 11.8 Å². The summed E-state index contributed by atoms with van der Waals surface area (Å²) in [6.45, 7) is 1.51. The monoisotopic (exact) mass is 249 g/mol. The minimum atomic E-state index is -3.90. The topological polar surface area (TPSA) is 77.3 Å². The van der Waals surface area contributed by atoms with Crippen LogP contribution in [-0.4, -0.2) is 19.2 Å². The van der Waals surface area contributed by atoms with Crippen LogP contribution < -0.4 is 0 Å². The van der Waals surface area contributed by atoms with Gasteiger partial charge in [0.15, 0.2) is 0 Å². The van der Waals surface area contributed by atoms with Crippen LogP contribution in [0.3, 0.4) is 0 Å². The van der Waals surface area contributed by atoms with E-state index in [-0.39, 0.29) is 9.92 Å². The number of sulfone groups is 1. The van der Waals surface area contributed by atoms with Gasteiger partial charge in [-0.05, 0) is 24.6 Å². The molecule has 15 heavy (non-hydrogen) atoms. The first-order valence-electron chi connectivity index (χ1n) is 3.94. The number of benzene rings is 1. The molecule has 0 spiro atoms. The summed E-state index contributed by atoms with van der Waals surface area (Å²) in [5.41, 5.74) is 0.334. The van der Waals surface area contributed by atoms with E-state index in [2.05, 4.69) is 0 Å². The molecule has 0 unspecified atom stereocenters. The van der Waals surface area contributed by atoms with Crippen LogP contribution in [0.1, 0.15) is 5.56 Å². The molecule has 0 saturated heterocycles. The van der Waals surface area contributed by atoms with Crippen molar-refractivity contribution in [1.29, 1.82) is 0 Å². The van der Waals surface area contributed by atoms with E-state index in [1.807, 2.05) is 0 Å². The van der Waals surface area contributed by atoms with Gasteiger partial charge in [-0.15, -0.1) is 0 Å². The lowest BCUT2D eigenvalue weighted by molar-refractivity contribution is -0.458. The van der Waals surface area contributed by atoms with Gasteiger partial charge < -0.3 is 0 Å². The van der Waals surface area contributed by atoms with E-state index in [9.17, 15) is 18.5 Å². The highest BCUT2D eigenvalue weighted by molar-refractivity contribution is 7.91. The predicted octanol–water partition coefficient (Wildman–Crippen LogP) is 1.66. The van der Waals surface area contributed by atoms with E-state index in [0.29, 0.717) is 5.56 Å². The molecule has 0 bridgehead atoms. The summed E-state index contributed by atoms with van der Waals surface area (Å²) in [6.07, 6.45) is 0. The molecule has 0 aliphatic heterocycles. The standard InChI is InChI=1S/C8H8ClNO4S/c1-6-7(9)3-2-4-8(6)15(13,14)5-10(11)12/h2-4H,5H2,1H3. The summed E-state index contributed by atoms with van der Waals surface area (Å²) in [5.74, 6) is -1.12. The Kier molecular flexibility index (Phi) is 3.31. The number of nitro groups is 1. The normalized spacial score (nSPS) is 11.3. The van der Waals surface area contributed by atoms with Gasteiger partial charge in [0, 0.05) is 9.95 Å². The summed E-state index contributed by atoms with van der Waals surface area (Å²) >= 11 is 5.72. The number of halogens is 1. The van der Waals surface area contributed by atoms with Crippen LogP contribution in [0.4, 0.5) is 0 Å². The SMILES string of the molecule is Cc1c(Cl)cccc1S(=O)(=O)C[N+](=O)[O-]. The molecule has 82 valence electrons. The molecule has 1 aromatic rings. The lowest BCUT2D eigenvalue weighted by Crippen LogP contribution is -2.15. The Labute approximate surface area is 91.7 Å². The molecule has 0 fully saturated rings. The zero-order valence-corrected chi connectivity index (χ0v) is 9.38. The van der Waals surface area contributed by atoms with Gasteiger partial charge >= 0.3 is 5.88 Å². The van der Waals surface area contributed by atoms with Gasteiger partial charge in [0.25, 0.3) is 0 Å². The fraction of sp³-hybridized carbons (Fsp3) is 0.250. The first-order chi connectivity index (χ1) is 6.84. The molecule has 7 heteroatoms. The third-order valence-corrected chi connectivity index (χ3v) is 3.90. The van der Waals surface area contributed by atoms with Gasteiger partial charge in [-0.2, -0.15) is 0 Å². The summed E-state index contributed by atoms with van der Waals surface area (Å²) in [4.78, 5) is 9.21. The minimum Gasteiger partial charge on any atom is -0.263 e. The molecule has 0 aromatic heterocycles. The van der Waals surface area contributed by atoms with E-state index in [4.69, 9.17) is 11.6 Å². The van der Waals surface area contributed by atoms with Gasteiger partial charge in [-0.1, -0.05) is 17.7 Å². The molecule has 0 amide bonds. The molecular weight excluding hydrogens is 242 g/mol. The summed E-state index contributed by atoms with van der Waals surface area (Å²) in [6, 6.07) is 4.28. The van der Waals surface area contributed by atoms with Gasteiger partial charge in [0.05, 0.1) is 4.90 Å². The highest BCUT2D eigenvalue weighted by atomic mass is 35.5. The Hall–Kier alpha value is -1.14. The van der Waals surface area contributed by atoms with Crippen LogP contribution >= 0.6 is 11.6 Å². The maximum Gasteiger partial charge on any atom is 0.305 e. The van der Waals surface area contributed by atoms with Crippen molar-refractivity contribution in [2.24, 2.45) is 0 Å². The van der Waals surface area contributed by atoms with Crippen molar-refractivity contribution >= 4 is 21.4 Å². The van der Waals surface area contributed by atoms with Crippen LogP contribution in [0, 0.1) is 17.0 Å². The van der Waals surface area contributed by atoms with Crippen molar-refractivity contribution in [3.8, 4) is 0 Å². The van der Waals surface area contributed by atoms with E-state index >= 15 is 0 Å². The molecule has 0 radical (unpaired) electrons. The highest BCUT2D eigenvalue weighted by Gasteiger charge is 2.23.